The van der Waals surface area contributed by atoms with Crippen LogP contribution in [0.4, 0.5) is 10.6 Å². The SMILES string of the molecule is O=C(NCc1nncn1C1CCCCC1)N1CCN(c2cnccn2)CC1. The third-order valence-electron chi connectivity index (χ3n) is 5.45. The van der Waals surface area contributed by atoms with Gasteiger partial charge in [-0.05, 0) is 12.8 Å². The fraction of sp³-hybridized carbons (Fsp3) is 0.611. The zero-order valence-corrected chi connectivity index (χ0v) is 15.5. The lowest BCUT2D eigenvalue weighted by Crippen LogP contribution is -2.52. The van der Waals surface area contributed by atoms with E-state index in [1.54, 1.807) is 24.9 Å². The van der Waals surface area contributed by atoms with E-state index in [-0.39, 0.29) is 6.03 Å². The van der Waals surface area contributed by atoms with Crippen LogP contribution in [-0.2, 0) is 6.54 Å². The second-order valence-electron chi connectivity index (χ2n) is 7.14. The summed E-state index contributed by atoms with van der Waals surface area (Å²) in [6.07, 6.45) is 13.1. The molecular weight excluding hydrogens is 344 g/mol. The number of nitrogens with zero attached hydrogens (tertiary/aromatic N) is 7. The van der Waals surface area contributed by atoms with Crippen LogP contribution in [-0.4, -0.2) is 61.8 Å². The number of aromatic nitrogens is 5. The van der Waals surface area contributed by atoms with Gasteiger partial charge in [-0.15, -0.1) is 10.2 Å². The van der Waals surface area contributed by atoms with E-state index in [0.717, 1.165) is 24.7 Å². The average molecular weight is 370 g/mol. The summed E-state index contributed by atoms with van der Waals surface area (Å²) < 4.78 is 2.14. The van der Waals surface area contributed by atoms with Crippen molar-refractivity contribution in [3.05, 3.63) is 30.7 Å². The summed E-state index contributed by atoms with van der Waals surface area (Å²) in [5.41, 5.74) is 0. The molecule has 9 heteroatoms. The highest BCUT2D eigenvalue weighted by Crippen LogP contribution is 2.28. The first kappa shape index (κ1) is 17.7. The fourth-order valence-electron chi connectivity index (χ4n) is 3.92. The quantitative estimate of drug-likeness (QED) is 0.879. The Balaban J connectivity index is 1.28. The number of carbonyl (C=O) groups is 1. The van der Waals surface area contributed by atoms with E-state index in [9.17, 15) is 4.79 Å². The predicted molar refractivity (Wildman–Crippen MR) is 100 cm³/mol. The minimum atomic E-state index is -0.0491. The molecule has 1 aliphatic carbocycles. The maximum Gasteiger partial charge on any atom is 0.317 e. The van der Waals surface area contributed by atoms with Crippen LogP contribution in [0.5, 0.6) is 0 Å². The highest BCUT2D eigenvalue weighted by Gasteiger charge is 2.23. The summed E-state index contributed by atoms with van der Waals surface area (Å²) in [6.45, 7) is 3.25. The van der Waals surface area contributed by atoms with Gasteiger partial charge in [0.15, 0.2) is 5.82 Å². The van der Waals surface area contributed by atoms with Crippen molar-refractivity contribution in [1.29, 1.82) is 0 Å². The standard InChI is InChI=1S/C18H26N8O/c27-18(25-10-8-24(9-11-25)16-12-19-6-7-20-16)21-13-17-23-22-14-26(17)15-4-2-1-3-5-15/h6-7,12,14-15H,1-5,8-11,13H2,(H,21,27). The normalized spacial score (nSPS) is 18.5. The third-order valence-corrected chi connectivity index (χ3v) is 5.45. The first-order chi connectivity index (χ1) is 13.3. The Morgan fingerprint density at radius 3 is 2.67 bits per heavy atom. The van der Waals surface area contributed by atoms with Crippen molar-refractivity contribution in [1.82, 2.24) is 34.9 Å². The van der Waals surface area contributed by atoms with Crippen molar-refractivity contribution in [3.8, 4) is 0 Å². The van der Waals surface area contributed by atoms with Crippen molar-refractivity contribution in [3.63, 3.8) is 0 Å². The predicted octanol–water partition coefficient (Wildman–Crippen LogP) is 1.61. The second-order valence-corrected chi connectivity index (χ2v) is 7.14. The average Bonchev–Trinajstić information content (AvgIpc) is 3.22. The molecule has 2 fully saturated rings. The van der Waals surface area contributed by atoms with Gasteiger partial charge in [-0.25, -0.2) is 9.78 Å². The Labute approximate surface area is 158 Å². The molecule has 9 nitrogen and oxygen atoms in total. The Morgan fingerprint density at radius 1 is 1.11 bits per heavy atom. The second kappa shape index (κ2) is 8.32. The first-order valence-corrected chi connectivity index (χ1v) is 9.73. The Kier molecular flexibility index (Phi) is 5.45. The molecule has 4 rings (SSSR count). The van der Waals surface area contributed by atoms with Crippen LogP contribution < -0.4 is 10.2 Å². The highest BCUT2D eigenvalue weighted by atomic mass is 16.2. The summed E-state index contributed by atoms with van der Waals surface area (Å²) in [5, 5.41) is 11.3. The Bertz CT molecular complexity index is 735. The van der Waals surface area contributed by atoms with Gasteiger partial charge in [0.05, 0.1) is 12.7 Å². The number of rotatable bonds is 4. The molecule has 0 bridgehead atoms. The molecule has 0 atom stereocenters. The molecule has 0 spiro atoms. The number of urea groups is 1. The Morgan fingerprint density at radius 2 is 1.93 bits per heavy atom. The van der Waals surface area contributed by atoms with Gasteiger partial charge in [-0.1, -0.05) is 19.3 Å². The van der Waals surface area contributed by atoms with E-state index in [2.05, 4.69) is 34.9 Å². The van der Waals surface area contributed by atoms with E-state index >= 15 is 0 Å². The fourth-order valence-corrected chi connectivity index (χ4v) is 3.92. The smallest absolute Gasteiger partial charge is 0.317 e. The molecule has 1 N–H and O–H groups in total. The maximum atomic E-state index is 12.5. The number of piperazine rings is 1. The molecule has 0 unspecified atom stereocenters. The van der Waals surface area contributed by atoms with Gasteiger partial charge in [0.2, 0.25) is 0 Å². The van der Waals surface area contributed by atoms with Crippen LogP contribution in [0.3, 0.4) is 0 Å². The Hall–Kier alpha value is -2.71. The molecule has 2 amide bonds. The van der Waals surface area contributed by atoms with Crippen LogP contribution in [0, 0.1) is 0 Å². The van der Waals surface area contributed by atoms with Crippen molar-refractivity contribution in [2.45, 2.75) is 44.7 Å². The molecule has 144 valence electrons. The molecule has 2 aromatic rings. The molecule has 3 heterocycles. The molecular formula is C18H26N8O. The molecule has 1 aliphatic heterocycles. The number of hydrogen-bond donors (Lipinski definition) is 1. The zero-order valence-electron chi connectivity index (χ0n) is 15.5. The lowest BCUT2D eigenvalue weighted by atomic mass is 9.95. The number of amides is 2. The lowest BCUT2D eigenvalue weighted by Gasteiger charge is -2.35. The molecule has 27 heavy (non-hydrogen) atoms. The first-order valence-electron chi connectivity index (χ1n) is 9.73. The third kappa shape index (κ3) is 4.17. The van der Waals surface area contributed by atoms with Gasteiger partial charge >= 0.3 is 6.03 Å². The highest BCUT2D eigenvalue weighted by molar-refractivity contribution is 5.74. The van der Waals surface area contributed by atoms with Gasteiger partial charge in [-0.3, -0.25) is 4.98 Å². The van der Waals surface area contributed by atoms with Crippen molar-refractivity contribution in [2.24, 2.45) is 0 Å². The van der Waals surface area contributed by atoms with Crippen LogP contribution in [0.2, 0.25) is 0 Å². The van der Waals surface area contributed by atoms with E-state index in [4.69, 9.17) is 0 Å². The summed E-state index contributed by atoms with van der Waals surface area (Å²) in [4.78, 5) is 25.0. The number of hydrogen-bond acceptors (Lipinski definition) is 6. The number of carbonyl (C=O) groups excluding carboxylic acids is 1. The summed E-state index contributed by atoms with van der Waals surface area (Å²) in [6, 6.07) is 0.420. The van der Waals surface area contributed by atoms with E-state index in [1.165, 1.54) is 32.1 Å². The minimum absolute atomic E-state index is 0.0491. The lowest BCUT2D eigenvalue weighted by molar-refractivity contribution is 0.193. The van der Waals surface area contributed by atoms with Gasteiger partial charge < -0.3 is 19.7 Å². The van der Waals surface area contributed by atoms with Crippen molar-refractivity contribution < 1.29 is 4.79 Å². The topological polar surface area (TPSA) is 92.1 Å². The van der Waals surface area contributed by atoms with E-state index < -0.39 is 0 Å². The van der Waals surface area contributed by atoms with Crippen LogP contribution >= 0.6 is 0 Å². The molecule has 2 aliphatic rings. The zero-order chi connectivity index (χ0) is 18.5. The molecule has 1 saturated heterocycles. The van der Waals surface area contributed by atoms with Gasteiger partial charge in [0.1, 0.15) is 12.1 Å². The molecule has 1 saturated carbocycles. The number of nitrogens with one attached hydrogen (secondary N) is 1. The van der Waals surface area contributed by atoms with Crippen LogP contribution in [0.1, 0.15) is 44.0 Å². The molecule has 2 aromatic heterocycles. The summed E-state index contributed by atoms with van der Waals surface area (Å²) in [7, 11) is 0. The van der Waals surface area contributed by atoms with Gasteiger partial charge in [-0.2, -0.15) is 0 Å². The maximum absolute atomic E-state index is 12.5. The van der Waals surface area contributed by atoms with Crippen molar-refractivity contribution in [2.75, 3.05) is 31.1 Å². The van der Waals surface area contributed by atoms with Gasteiger partial charge in [0.25, 0.3) is 0 Å². The monoisotopic (exact) mass is 370 g/mol. The molecule has 0 radical (unpaired) electrons. The number of anilines is 1. The van der Waals surface area contributed by atoms with E-state index in [1.807, 2.05) is 4.90 Å². The van der Waals surface area contributed by atoms with Crippen molar-refractivity contribution >= 4 is 11.8 Å². The molecule has 0 aromatic carbocycles. The van der Waals surface area contributed by atoms with Gasteiger partial charge in [0, 0.05) is 44.6 Å². The van der Waals surface area contributed by atoms with E-state index in [0.29, 0.717) is 25.7 Å². The van der Waals surface area contributed by atoms with Crippen LogP contribution in [0.15, 0.2) is 24.9 Å². The van der Waals surface area contributed by atoms with Crippen LogP contribution in [0.25, 0.3) is 0 Å². The largest absolute Gasteiger partial charge is 0.352 e. The summed E-state index contributed by atoms with van der Waals surface area (Å²) in [5.74, 6) is 1.70. The summed E-state index contributed by atoms with van der Waals surface area (Å²) >= 11 is 0. The minimum Gasteiger partial charge on any atom is -0.352 e.